The van der Waals surface area contributed by atoms with E-state index in [0.717, 1.165) is 19.6 Å². The molecule has 5 aliphatic rings. The molecular formula is C36H44N4O8S8. The summed E-state index contributed by atoms with van der Waals surface area (Å²) in [5.74, 6) is -2.20. The third kappa shape index (κ3) is 8.37. The maximum atomic E-state index is 14.1. The van der Waals surface area contributed by atoms with Crippen LogP contribution < -0.4 is 0 Å². The van der Waals surface area contributed by atoms with Crippen molar-refractivity contribution in [3.63, 3.8) is 0 Å². The van der Waals surface area contributed by atoms with Crippen molar-refractivity contribution >= 4 is 141 Å². The molecule has 0 unspecified atom stereocenters. The molecule has 0 radical (unpaired) electrons. The van der Waals surface area contributed by atoms with Gasteiger partial charge in [-0.15, -0.1) is 94.1 Å². The van der Waals surface area contributed by atoms with Gasteiger partial charge < -0.3 is 0 Å². The zero-order chi connectivity index (χ0) is 41.5. The molecule has 56 heavy (non-hydrogen) atoms. The number of amides is 8. The predicted octanol–water partition coefficient (Wildman–Crippen LogP) is 5.82. The Kier molecular flexibility index (Phi) is 15.2. The topological polar surface area (TPSA) is 150 Å². The van der Waals surface area contributed by atoms with Crippen LogP contribution in [-0.2, 0) is 38.4 Å². The van der Waals surface area contributed by atoms with Crippen LogP contribution in [0.4, 0.5) is 0 Å². The Hall–Kier alpha value is -1.68. The van der Waals surface area contributed by atoms with Gasteiger partial charge in [-0.3, -0.25) is 58.0 Å². The zero-order valence-corrected chi connectivity index (χ0v) is 39.1. The van der Waals surface area contributed by atoms with Crippen LogP contribution in [0.5, 0.6) is 0 Å². The Labute approximate surface area is 361 Å². The van der Waals surface area contributed by atoms with Crippen molar-refractivity contribution in [2.24, 2.45) is 0 Å². The van der Waals surface area contributed by atoms with Crippen molar-refractivity contribution in [1.29, 1.82) is 0 Å². The molecule has 8 amide bonds. The lowest BCUT2D eigenvalue weighted by molar-refractivity contribution is -0.136. The second-order valence-corrected chi connectivity index (χ2v) is 23.3. The van der Waals surface area contributed by atoms with Crippen LogP contribution in [0.2, 0.25) is 0 Å². The van der Waals surface area contributed by atoms with E-state index in [1.807, 2.05) is 41.5 Å². The standard InChI is InChI=1S/C36H44N4O8S8/c1-11-17(53-23-21(49-13-3)29(41)37(7)31(23)43)19-15(5)51-25-26(34(46)39(9)33(25)45)52-16(6)20(56-28-27(55-19)35(47)40(10)36(28)48)18(12-2)54-24-22(50-14-4)30(42)38(8)32(24)44/h15-20H,11-14H2,1-10H3/t15-,16-,17+,18+,19-,20-/m0/s1. The number of rotatable bonds is 12. The van der Waals surface area contributed by atoms with Crippen molar-refractivity contribution in [3.05, 3.63) is 39.2 Å². The highest BCUT2D eigenvalue weighted by atomic mass is 32.2. The van der Waals surface area contributed by atoms with Gasteiger partial charge in [0.15, 0.2) is 0 Å². The Bertz CT molecular complexity index is 1780. The minimum absolute atomic E-state index is 0.248. The van der Waals surface area contributed by atoms with Crippen LogP contribution in [0.3, 0.4) is 0 Å². The van der Waals surface area contributed by atoms with E-state index in [0.29, 0.717) is 44.0 Å². The maximum Gasteiger partial charge on any atom is 0.268 e. The molecule has 0 bridgehead atoms. The fourth-order valence-electron chi connectivity index (χ4n) is 6.33. The normalized spacial score (nSPS) is 26.8. The molecule has 0 N–H and O–H groups in total. The van der Waals surface area contributed by atoms with Gasteiger partial charge in [-0.25, -0.2) is 0 Å². The van der Waals surface area contributed by atoms with Crippen LogP contribution in [0.15, 0.2) is 39.2 Å². The summed E-state index contributed by atoms with van der Waals surface area (Å²) in [5, 5.41) is -2.56. The number of thioether (sulfide) groups is 8. The third-order valence-corrected chi connectivity index (χ3v) is 21.5. The molecular weight excluding hydrogens is 873 g/mol. The lowest BCUT2D eigenvalue weighted by Gasteiger charge is -2.33. The van der Waals surface area contributed by atoms with Crippen LogP contribution in [0.25, 0.3) is 0 Å². The second-order valence-electron chi connectivity index (χ2n) is 13.1. The van der Waals surface area contributed by atoms with Crippen molar-refractivity contribution in [1.82, 2.24) is 19.6 Å². The highest BCUT2D eigenvalue weighted by Gasteiger charge is 2.48. The number of carbonyl (C=O) groups excluding carboxylic acids is 8. The van der Waals surface area contributed by atoms with Crippen molar-refractivity contribution in [2.75, 3.05) is 39.7 Å². The third-order valence-electron chi connectivity index (χ3n) is 9.51. The summed E-state index contributed by atoms with van der Waals surface area (Å²) in [6, 6.07) is 0. The highest BCUT2D eigenvalue weighted by Crippen LogP contribution is 2.53. The van der Waals surface area contributed by atoms with Gasteiger partial charge >= 0.3 is 0 Å². The molecule has 0 aromatic heterocycles. The largest absolute Gasteiger partial charge is 0.277 e. The maximum absolute atomic E-state index is 14.1. The molecule has 20 heteroatoms. The monoisotopic (exact) mass is 916 g/mol. The first-order valence-corrected chi connectivity index (χ1v) is 25.2. The Morgan fingerprint density at radius 2 is 0.714 bits per heavy atom. The summed E-state index contributed by atoms with van der Waals surface area (Å²) < 4.78 is 0. The van der Waals surface area contributed by atoms with Gasteiger partial charge in [-0.2, -0.15) is 0 Å². The predicted molar refractivity (Wildman–Crippen MR) is 236 cm³/mol. The molecule has 5 rings (SSSR count). The molecule has 0 fully saturated rings. The van der Waals surface area contributed by atoms with E-state index in [-0.39, 0.29) is 41.9 Å². The smallest absolute Gasteiger partial charge is 0.268 e. The molecule has 0 aromatic carbocycles. The van der Waals surface area contributed by atoms with Gasteiger partial charge in [-0.05, 0) is 24.3 Å². The lowest BCUT2D eigenvalue weighted by atomic mass is 10.2. The van der Waals surface area contributed by atoms with E-state index in [4.69, 9.17) is 0 Å². The van der Waals surface area contributed by atoms with Gasteiger partial charge in [0.2, 0.25) is 0 Å². The van der Waals surface area contributed by atoms with E-state index in [1.165, 1.54) is 122 Å². The van der Waals surface area contributed by atoms with Crippen LogP contribution >= 0.6 is 94.1 Å². The summed E-state index contributed by atoms with van der Waals surface area (Å²) in [7, 11) is 5.79. The van der Waals surface area contributed by atoms with E-state index in [9.17, 15) is 38.4 Å². The van der Waals surface area contributed by atoms with Gasteiger partial charge in [0.1, 0.15) is 0 Å². The molecule has 0 saturated heterocycles. The fourth-order valence-corrected chi connectivity index (χ4v) is 17.9. The van der Waals surface area contributed by atoms with E-state index >= 15 is 0 Å². The SMILES string of the molecule is CCSC1=C(S[C@H](CC)[C@H]2SC3=C(S[C@H]([C@@H](CC)SC4=C(SCC)C(=O)N(C)C4=O)[C@H](C)SC4=C(S[C@H]2C)C(=O)N(C)C4=O)C(=O)N(C)C3=O)C(=O)N(C)C1=O. The van der Waals surface area contributed by atoms with Crippen molar-refractivity contribution in [3.8, 4) is 0 Å². The van der Waals surface area contributed by atoms with E-state index in [2.05, 4.69) is 0 Å². The molecule has 304 valence electrons. The van der Waals surface area contributed by atoms with Gasteiger partial charge in [0.25, 0.3) is 47.3 Å². The zero-order valence-electron chi connectivity index (χ0n) is 32.6. The average molecular weight is 917 g/mol. The minimum atomic E-state index is -0.492. The second kappa shape index (κ2) is 18.7. The van der Waals surface area contributed by atoms with Gasteiger partial charge in [-0.1, -0.05) is 41.5 Å². The molecule has 5 heterocycles. The number of imide groups is 4. The molecule has 0 spiro atoms. The van der Waals surface area contributed by atoms with Crippen molar-refractivity contribution < 1.29 is 38.4 Å². The Balaban J connectivity index is 1.67. The Morgan fingerprint density at radius 3 is 1.00 bits per heavy atom. The molecule has 0 saturated carbocycles. The number of nitrogens with zero attached hydrogens (tertiary/aromatic N) is 4. The van der Waals surface area contributed by atoms with Crippen LogP contribution in [0, 0.1) is 0 Å². The summed E-state index contributed by atoms with van der Waals surface area (Å²) in [6.07, 6.45) is 1.02. The first kappa shape index (κ1) is 45.4. The minimum Gasteiger partial charge on any atom is -0.277 e. The average Bonchev–Trinajstić information content (AvgIpc) is 3.67. The van der Waals surface area contributed by atoms with E-state index < -0.39 is 56.4 Å². The van der Waals surface area contributed by atoms with Crippen LogP contribution in [0.1, 0.15) is 54.4 Å². The summed E-state index contributed by atoms with van der Waals surface area (Å²) >= 11 is 10.1. The molecule has 0 aromatic rings. The van der Waals surface area contributed by atoms with Gasteiger partial charge in [0.05, 0.1) is 39.2 Å². The summed E-state index contributed by atoms with van der Waals surface area (Å²) in [4.78, 5) is 116. The molecule has 6 atom stereocenters. The highest BCUT2D eigenvalue weighted by molar-refractivity contribution is 8.14. The van der Waals surface area contributed by atoms with E-state index in [1.54, 1.807) is 0 Å². The summed E-state index contributed by atoms with van der Waals surface area (Å²) in [6.45, 7) is 11.5. The first-order chi connectivity index (χ1) is 26.4. The molecule has 12 nitrogen and oxygen atoms in total. The quantitative estimate of drug-likeness (QED) is 0.216. The lowest BCUT2D eigenvalue weighted by Crippen LogP contribution is -2.32. The first-order valence-electron chi connectivity index (χ1n) is 18.0. The van der Waals surface area contributed by atoms with Crippen molar-refractivity contribution in [2.45, 2.75) is 85.9 Å². The number of hydrogen-bond donors (Lipinski definition) is 0. The van der Waals surface area contributed by atoms with Crippen LogP contribution in [-0.4, -0.2) is 138 Å². The Morgan fingerprint density at radius 1 is 0.446 bits per heavy atom. The number of likely N-dealkylation sites (N-methyl/N-ethyl adjacent to an activating group) is 4. The van der Waals surface area contributed by atoms with Gasteiger partial charge in [0, 0.05) is 59.7 Å². The number of carbonyl (C=O) groups is 8. The molecule has 0 aliphatic carbocycles. The fraction of sp³-hybridized carbons (Fsp3) is 0.556. The molecule has 5 aliphatic heterocycles. The summed E-state index contributed by atoms with van der Waals surface area (Å²) in [5.41, 5.74) is 0. The number of hydrogen-bond acceptors (Lipinski definition) is 16.